The van der Waals surface area contributed by atoms with Gasteiger partial charge in [-0.05, 0) is 66.3 Å². The summed E-state index contributed by atoms with van der Waals surface area (Å²) in [7, 11) is -3.88. The largest absolute Gasteiger partial charge is 0.316 e. The second-order valence-electron chi connectivity index (χ2n) is 5.10. The summed E-state index contributed by atoms with van der Waals surface area (Å²) >= 11 is 8.89. The van der Waals surface area contributed by atoms with Gasteiger partial charge in [0, 0.05) is 11.0 Å². The molecule has 1 atom stereocenters. The molecule has 1 unspecified atom stereocenters. The second kappa shape index (κ2) is 8.80. The Labute approximate surface area is 149 Å². The van der Waals surface area contributed by atoms with Gasteiger partial charge in [0.15, 0.2) is 0 Å². The van der Waals surface area contributed by atoms with Crippen molar-refractivity contribution in [2.24, 2.45) is 5.92 Å². The van der Waals surface area contributed by atoms with Crippen molar-refractivity contribution in [3.05, 3.63) is 27.4 Å². The first kappa shape index (κ1) is 20.1. The summed E-state index contributed by atoms with van der Waals surface area (Å²) < 4.78 is 40.8. The summed E-state index contributed by atoms with van der Waals surface area (Å²) in [6.45, 7) is 2.22. The maximum Gasteiger partial charge on any atom is 0.243 e. The minimum Gasteiger partial charge on any atom is -0.316 e. The van der Waals surface area contributed by atoms with E-state index in [0.29, 0.717) is 16.9 Å². The molecule has 2 N–H and O–H groups in total. The third kappa shape index (κ3) is 5.32. The molecular weight excluding hydrogens is 418 g/mol. The Morgan fingerprint density at radius 1 is 1.45 bits per heavy atom. The zero-order chi connectivity index (χ0) is 15.5. The van der Waals surface area contributed by atoms with Crippen molar-refractivity contribution in [3.8, 4) is 0 Å². The molecule has 1 aromatic rings. The van der Waals surface area contributed by atoms with Gasteiger partial charge >= 0.3 is 0 Å². The second-order valence-corrected chi connectivity index (χ2v) is 8.09. The Morgan fingerprint density at radius 2 is 2.18 bits per heavy atom. The van der Waals surface area contributed by atoms with Crippen molar-refractivity contribution in [1.82, 2.24) is 10.0 Å². The van der Waals surface area contributed by atoms with Crippen molar-refractivity contribution < 1.29 is 12.8 Å². The average molecular weight is 436 g/mol. The smallest absolute Gasteiger partial charge is 0.243 e. The van der Waals surface area contributed by atoms with E-state index in [2.05, 4.69) is 26.0 Å². The Morgan fingerprint density at radius 3 is 2.82 bits per heavy atom. The van der Waals surface area contributed by atoms with Gasteiger partial charge in [0.05, 0.1) is 5.02 Å². The summed E-state index contributed by atoms with van der Waals surface area (Å²) in [5, 5.41) is 3.44. The molecule has 0 spiro atoms. The molecule has 9 heteroatoms. The zero-order valence-electron chi connectivity index (χ0n) is 11.7. The monoisotopic (exact) mass is 434 g/mol. The fourth-order valence-corrected chi connectivity index (χ4v) is 4.03. The number of nitrogens with one attached hydrogen (secondary N) is 2. The lowest BCUT2D eigenvalue weighted by molar-refractivity contribution is 0.358. The number of hydrogen-bond donors (Lipinski definition) is 2. The van der Waals surface area contributed by atoms with E-state index in [1.165, 1.54) is 0 Å². The highest BCUT2D eigenvalue weighted by Gasteiger charge is 2.21. The lowest BCUT2D eigenvalue weighted by Gasteiger charge is -2.22. The van der Waals surface area contributed by atoms with Gasteiger partial charge in [-0.3, -0.25) is 0 Å². The lowest BCUT2D eigenvalue weighted by Crippen LogP contribution is -2.33. The Balaban J connectivity index is 0.00000242. The highest BCUT2D eigenvalue weighted by atomic mass is 79.9. The predicted octanol–water partition coefficient (Wildman–Crippen LogP) is 3.33. The molecule has 22 heavy (non-hydrogen) atoms. The number of sulfonamides is 1. The van der Waals surface area contributed by atoms with Crippen LogP contribution in [0.4, 0.5) is 4.39 Å². The highest BCUT2D eigenvalue weighted by molar-refractivity contribution is 9.10. The molecule has 0 bridgehead atoms. The van der Waals surface area contributed by atoms with Gasteiger partial charge < -0.3 is 5.32 Å². The number of halogens is 4. The van der Waals surface area contributed by atoms with Crippen molar-refractivity contribution in [3.63, 3.8) is 0 Å². The summed E-state index contributed by atoms with van der Waals surface area (Å²) in [5.41, 5.74) is 0. The fourth-order valence-electron chi connectivity index (χ4n) is 2.36. The van der Waals surface area contributed by atoms with Gasteiger partial charge in [0.2, 0.25) is 10.0 Å². The molecule has 1 aliphatic rings. The maximum atomic E-state index is 13.8. The Bertz CT molecular complexity index is 610. The molecule has 0 amide bonds. The van der Waals surface area contributed by atoms with Crippen LogP contribution in [0.3, 0.4) is 0 Å². The van der Waals surface area contributed by atoms with Gasteiger partial charge in [-0.15, -0.1) is 12.4 Å². The minimum absolute atomic E-state index is 0. The molecule has 1 heterocycles. The molecule has 1 fully saturated rings. The van der Waals surface area contributed by atoms with E-state index < -0.39 is 20.7 Å². The SMILES string of the molecule is Cl.O=S(=O)(NCCC1CCCNC1)c1cc(Cl)c(Br)cc1F. The molecule has 0 aromatic heterocycles. The van der Waals surface area contributed by atoms with Crippen LogP contribution < -0.4 is 10.0 Å². The molecule has 1 aromatic carbocycles. The summed E-state index contributed by atoms with van der Waals surface area (Å²) in [6, 6.07) is 2.17. The van der Waals surface area contributed by atoms with Gasteiger partial charge in [-0.25, -0.2) is 17.5 Å². The predicted molar refractivity (Wildman–Crippen MR) is 91.8 cm³/mol. The molecule has 126 valence electrons. The number of benzene rings is 1. The van der Waals surface area contributed by atoms with Crippen molar-refractivity contribution in [2.45, 2.75) is 24.2 Å². The molecule has 0 aliphatic carbocycles. The van der Waals surface area contributed by atoms with Crippen LogP contribution in [0.15, 0.2) is 21.5 Å². The standard InChI is InChI=1S/C13H17BrClFN2O2S.ClH/c14-10-6-12(16)13(7-11(10)15)21(19,20)18-5-3-9-2-1-4-17-8-9;/h6-7,9,17-18H,1-5,8H2;1H. The van der Waals surface area contributed by atoms with Crippen LogP contribution in [0.1, 0.15) is 19.3 Å². The molecule has 1 aliphatic heterocycles. The molecule has 4 nitrogen and oxygen atoms in total. The first-order chi connectivity index (χ1) is 9.90. The van der Waals surface area contributed by atoms with Crippen LogP contribution in [0.5, 0.6) is 0 Å². The van der Waals surface area contributed by atoms with Crippen molar-refractivity contribution >= 4 is 50.0 Å². The van der Waals surface area contributed by atoms with Crippen LogP contribution >= 0.6 is 39.9 Å². The number of piperidine rings is 1. The van der Waals surface area contributed by atoms with Gasteiger partial charge in [0.25, 0.3) is 0 Å². The van der Waals surface area contributed by atoms with Gasteiger partial charge in [0.1, 0.15) is 10.7 Å². The molecular formula is C13H18BrCl2FN2O2S. The molecule has 0 saturated carbocycles. The van der Waals surface area contributed by atoms with Crippen molar-refractivity contribution in [2.75, 3.05) is 19.6 Å². The van der Waals surface area contributed by atoms with E-state index in [4.69, 9.17) is 11.6 Å². The highest BCUT2D eigenvalue weighted by Crippen LogP contribution is 2.28. The average Bonchev–Trinajstić information content (AvgIpc) is 2.43. The molecule has 2 rings (SSSR count). The van der Waals surface area contributed by atoms with E-state index in [1.807, 2.05) is 0 Å². The van der Waals surface area contributed by atoms with Crippen LogP contribution in [0, 0.1) is 11.7 Å². The zero-order valence-corrected chi connectivity index (χ0v) is 15.7. The third-order valence-corrected chi connectivity index (χ3v) is 6.18. The molecule has 0 radical (unpaired) electrons. The van der Waals surface area contributed by atoms with E-state index in [-0.39, 0.29) is 17.4 Å². The van der Waals surface area contributed by atoms with E-state index in [1.54, 1.807) is 0 Å². The van der Waals surface area contributed by atoms with Gasteiger partial charge in [-0.1, -0.05) is 11.6 Å². The number of hydrogen-bond acceptors (Lipinski definition) is 3. The van der Waals surface area contributed by atoms with E-state index in [0.717, 1.165) is 44.5 Å². The summed E-state index contributed by atoms with van der Waals surface area (Å²) in [6.07, 6.45) is 2.93. The Hall–Kier alpha value is 0.0800. The van der Waals surface area contributed by atoms with Crippen LogP contribution in [0.2, 0.25) is 5.02 Å². The molecule has 1 saturated heterocycles. The first-order valence-electron chi connectivity index (χ1n) is 6.75. The maximum absolute atomic E-state index is 13.8. The first-order valence-corrected chi connectivity index (χ1v) is 9.40. The van der Waals surface area contributed by atoms with E-state index in [9.17, 15) is 12.8 Å². The van der Waals surface area contributed by atoms with Crippen LogP contribution in [-0.2, 0) is 10.0 Å². The third-order valence-electron chi connectivity index (χ3n) is 3.51. The Kier molecular flexibility index (Phi) is 8.05. The normalized spacial score (nSPS) is 18.8. The van der Waals surface area contributed by atoms with E-state index >= 15 is 0 Å². The fraction of sp³-hybridized carbons (Fsp3) is 0.538. The summed E-state index contributed by atoms with van der Waals surface area (Å²) in [4.78, 5) is -0.419. The topological polar surface area (TPSA) is 58.2 Å². The quantitative estimate of drug-likeness (QED) is 0.697. The number of rotatable bonds is 5. The minimum atomic E-state index is -3.88. The van der Waals surface area contributed by atoms with Crippen molar-refractivity contribution in [1.29, 1.82) is 0 Å². The lowest BCUT2D eigenvalue weighted by atomic mass is 9.96. The van der Waals surface area contributed by atoms with Crippen LogP contribution in [0.25, 0.3) is 0 Å². The van der Waals surface area contributed by atoms with Gasteiger partial charge in [-0.2, -0.15) is 0 Å². The summed E-state index contributed by atoms with van der Waals surface area (Å²) in [5.74, 6) is -0.363. The van der Waals surface area contributed by atoms with Crippen LogP contribution in [-0.4, -0.2) is 28.1 Å².